The number of rotatable bonds is 3. The van der Waals surface area contributed by atoms with Gasteiger partial charge in [-0.05, 0) is 23.9 Å². The van der Waals surface area contributed by atoms with Crippen LogP contribution in [0.1, 0.15) is 12.7 Å². The molecule has 0 spiro atoms. The zero-order chi connectivity index (χ0) is 12.3. The summed E-state index contributed by atoms with van der Waals surface area (Å²) in [5.74, 6) is 1.22. The molecule has 0 radical (unpaired) electrons. The van der Waals surface area contributed by atoms with Gasteiger partial charge in [-0.1, -0.05) is 18.5 Å². The van der Waals surface area contributed by atoms with Crippen LogP contribution in [-0.2, 0) is 6.42 Å². The summed E-state index contributed by atoms with van der Waals surface area (Å²) >= 11 is 7.21. The van der Waals surface area contributed by atoms with Crippen molar-refractivity contribution in [1.82, 2.24) is 15.0 Å². The van der Waals surface area contributed by atoms with Crippen molar-refractivity contribution in [3.8, 4) is 0 Å². The predicted molar refractivity (Wildman–Crippen MR) is 69.2 cm³/mol. The van der Waals surface area contributed by atoms with Crippen molar-refractivity contribution in [3.05, 3.63) is 35.2 Å². The highest BCUT2D eigenvalue weighted by Crippen LogP contribution is 2.25. The van der Waals surface area contributed by atoms with Gasteiger partial charge in [0, 0.05) is 18.7 Å². The summed E-state index contributed by atoms with van der Waals surface area (Å²) in [7, 11) is 0. The lowest BCUT2D eigenvalue weighted by atomic mass is 10.4. The minimum Gasteiger partial charge on any atom is -0.384 e. The summed E-state index contributed by atoms with van der Waals surface area (Å²) in [6, 6.07) is 5.37. The smallest absolute Gasteiger partial charge is 0.131 e. The van der Waals surface area contributed by atoms with Gasteiger partial charge in [-0.25, -0.2) is 15.0 Å². The maximum absolute atomic E-state index is 5.77. The highest BCUT2D eigenvalue weighted by Gasteiger charge is 2.04. The third kappa shape index (κ3) is 3.31. The molecule has 2 aromatic heterocycles. The second kappa shape index (κ2) is 5.33. The van der Waals surface area contributed by atoms with Crippen molar-refractivity contribution in [2.45, 2.75) is 23.4 Å². The fraction of sp³-hybridized carbons (Fsp3) is 0.182. The summed E-state index contributed by atoms with van der Waals surface area (Å²) in [6.45, 7) is 1.99. The van der Waals surface area contributed by atoms with Crippen molar-refractivity contribution in [3.63, 3.8) is 0 Å². The van der Waals surface area contributed by atoms with Gasteiger partial charge in [-0.3, -0.25) is 0 Å². The molecule has 0 fully saturated rings. The monoisotopic (exact) mass is 266 g/mol. The van der Waals surface area contributed by atoms with E-state index in [2.05, 4.69) is 15.0 Å². The topological polar surface area (TPSA) is 64.7 Å². The molecule has 0 aliphatic heterocycles. The molecule has 2 aromatic rings. The number of nitrogens with zero attached hydrogens (tertiary/aromatic N) is 3. The van der Waals surface area contributed by atoms with Crippen LogP contribution in [0.2, 0.25) is 5.02 Å². The van der Waals surface area contributed by atoms with Gasteiger partial charge in [-0.15, -0.1) is 0 Å². The fourth-order valence-electron chi connectivity index (χ4n) is 1.23. The van der Waals surface area contributed by atoms with E-state index in [-0.39, 0.29) is 0 Å². The SMILES string of the molecule is CCc1nc(N)cc(Sc2ccc(Cl)cn2)n1. The van der Waals surface area contributed by atoms with Crippen LogP contribution in [0.5, 0.6) is 0 Å². The molecule has 0 saturated carbocycles. The summed E-state index contributed by atoms with van der Waals surface area (Å²) < 4.78 is 0. The summed E-state index contributed by atoms with van der Waals surface area (Å²) in [5, 5.41) is 2.24. The first-order chi connectivity index (χ1) is 8.17. The maximum atomic E-state index is 5.77. The molecule has 88 valence electrons. The molecule has 6 heteroatoms. The maximum Gasteiger partial charge on any atom is 0.131 e. The molecule has 4 nitrogen and oxygen atoms in total. The molecule has 17 heavy (non-hydrogen) atoms. The number of pyridine rings is 1. The highest BCUT2D eigenvalue weighted by atomic mass is 35.5. The number of aryl methyl sites for hydroxylation is 1. The number of hydrogen-bond acceptors (Lipinski definition) is 5. The molecule has 0 atom stereocenters. The van der Waals surface area contributed by atoms with E-state index < -0.39 is 0 Å². The van der Waals surface area contributed by atoms with Crippen molar-refractivity contribution >= 4 is 29.2 Å². The first-order valence-corrected chi connectivity index (χ1v) is 6.29. The number of aromatic nitrogens is 3. The van der Waals surface area contributed by atoms with Crippen LogP contribution in [0.4, 0.5) is 5.82 Å². The molecule has 0 aromatic carbocycles. The predicted octanol–water partition coefficient (Wildman–Crippen LogP) is 2.82. The van der Waals surface area contributed by atoms with Gasteiger partial charge in [0.15, 0.2) is 0 Å². The minimum absolute atomic E-state index is 0.480. The number of nitrogen functional groups attached to an aromatic ring is 1. The van der Waals surface area contributed by atoms with E-state index in [4.69, 9.17) is 17.3 Å². The lowest BCUT2D eigenvalue weighted by molar-refractivity contribution is 0.893. The van der Waals surface area contributed by atoms with E-state index in [0.29, 0.717) is 10.8 Å². The third-order valence-corrected chi connectivity index (χ3v) is 3.09. The molecule has 0 unspecified atom stereocenters. The molecule has 0 bridgehead atoms. The summed E-state index contributed by atoms with van der Waals surface area (Å²) in [6.07, 6.45) is 2.36. The first-order valence-electron chi connectivity index (χ1n) is 5.10. The Bertz CT molecular complexity index is 515. The Labute approximate surface area is 109 Å². The van der Waals surface area contributed by atoms with E-state index in [0.717, 1.165) is 22.3 Å². The lowest BCUT2D eigenvalue weighted by Gasteiger charge is -2.03. The van der Waals surface area contributed by atoms with Crippen LogP contribution in [-0.4, -0.2) is 15.0 Å². The van der Waals surface area contributed by atoms with Gasteiger partial charge in [0.1, 0.15) is 21.7 Å². The van der Waals surface area contributed by atoms with E-state index >= 15 is 0 Å². The number of halogens is 1. The standard InChI is InChI=1S/C11H11ClN4S/c1-2-9-15-8(13)5-11(16-9)17-10-4-3-7(12)6-14-10/h3-6H,2H2,1H3,(H2,13,15,16). The van der Waals surface area contributed by atoms with Crippen LogP contribution in [0.3, 0.4) is 0 Å². The van der Waals surface area contributed by atoms with Crippen molar-refractivity contribution in [2.24, 2.45) is 0 Å². The Morgan fingerprint density at radius 3 is 2.76 bits per heavy atom. The molecular weight excluding hydrogens is 256 g/mol. The second-order valence-corrected chi connectivity index (χ2v) is 4.79. The molecule has 0 saturated heterocycles. The Hall–Kier alpha value is -1.33. The Morgan fingerprint density at radius 1 is 1.29 bits per heavy atom. The van der Waals surface area contributed by atoms with Crippen LogP contribution in [0.25, 0.3) is 0 Å². The van der Waals surface area contributed by atoms with Crippen LogP contribution < -0.4 is 5.73 Å². The van der Waals surface area contributed by atoms with Crippen molar-refractivity contribution in [2.75, 3.05) is 5.73 Å². The van der Waals surface area contributed by atoms with Crippen LogP contribution >= 0.6 is 23.4 Å². The molecule has 0 amide bonds. The highest BCUT2D eigenvalue weighted by molar-refractivity contribution is 7.99. The molecular formula is C11H11ClN4S. The minimum atomic E-state index is 0.480. The van der Waals surface area contributed by atoms with Gasteiger partial charge in [0.25, 0.3) is 0 Å². The van der Waals surface area contributed by atoms with Gasteiger partial charge >= 0.3 is 0 Å². The quantitative estimate of drug-likeness (QED) is 0.866. The van der Waals surface area contributed by atoms with E-state index in [1.54, 1.807) is 18.3 Å². The summed E-state index contributed by atoms with van der Waals surface area (Å²) in [5.41, 5.74) is 5.71. The molecule has 2 N–H and O–H groups in total. The van der Waals surface area contributed by atoms with Crippen LogP contribution in [0, 0.1) is 0 Å². The average Bonchev–Trinajstić information content (AvgIpc) is 2.31. The zero-order valence-corrected chi connectivity index (χ0v) is 10.8. The van der Waals surface area contributed by atoms with Gasteiger partial charge in [0.2, 0.25) is 0 Å². The first kappa shape index (κ1) is 12.1. The van der Waals surface area contributed by atoms with Gasteiger partial charge in [0.05, 0.1) is 5.02 Å². The van der Waals surface area contributed by atoms with Gasteiger partial charge in [-0.2, -0.15) is 0 Å². The normalized spacial score (nSPS) is 10.5. The number of anilines is 1. The van der Waals surface area contributed by atoms with Crippen molar-refractivity contribution in [1.29, 1.82) is 0 Å². The Kier molecular flexibility index (Phi) is 3.81. The average molecular weight is 267 g/mol. The third-order valence-electron chi connectivity index (χ3n) is 1.99. The Balaban J connectivity index is 2.23. The molecule has 0 aliphatic rings. The molecule has 0 aliphatic carbocycles. The molecule has 2 heterocycles. The summed E-state index contributed by atoms with van der Waals surface area (Å²) in [4.78, 5) is 12.7. The van der Waals surface area contributed by atoms with Crippen LogP contribution in [0.15, 0.2) is 34.4 Å². The van der Waals surface area contributed by atoms with E-state index in [1.165, 1.54) is 11.8 Å². The van der Waals surface area contributed by atoms with Crippen molar-refractivity contribution < 1.29 is 0 Å². The number of nitrogens with two attached hydrogens (primary N) is 1. The zero-order valence-electron chi connectivity index (χ0n) is 9.22. The lowest BCUT2D eigenvalue weighted by Crippen LogP contribution is -1.99. The second-order valence-electron chi connectivity index (χ2n) is 3.32. The fourth-order valence-corrected chi connectivity index (χ4v) is 2.13. The Morgan fingerprint density at radius 2 is 2.12 bits per heavy atom. The molecule has 2 rings (SSSR count). The largest absolute Gasteiger partial charge is 0.384 e. The van der Waals surface area contributed by atoms with Gasteiger partial charge < -0.3 is 5.73 Å². The number of hydrogen-bond donors (Lipinski definition) is 1. The van der Waals surface area contributed by atoms with E-state index in [9.17, 15) is 0 Å². The van der Waals surface area contributed by atoms with E-state index in [1.807, 2.05) is 13.0 Å².